The van der Waals surface area contributed by atoms with E-state index in [1.807, 2.05) is 50.2 Å². The van der Waals surface area contributed by atoms with Gasteiger partial charge in [0.25, 0.3) is 5.56 Å². The fourth-order valence-electron chi connectivity index (χ4n) is 2.16. The molecule has 1 amide bonds. The van der Waals surface area contributed by atoms with Gasteiger partial charge < -0.3 is 9.47 Å². The topological polar surface area (TPSA) is 42.3 Å². The normalized spacial score (nSPS) is 10.3. The van der Waals surface area contributed by atoms with Crippen LogP contribution in [0.25, 0.3) is 0 Å². The Morgan fingerprint density at radius 2 is 1.80 bits per heavy atom. The van der Waals surface area contributed by atoms with E-state index in [1.54, 1.807) is 11.0 Å². The standard InChI is InChI=1S/C16H18N2O2/c1-3-17(14-9-5-4-6-10-14)16(20)12-18-13(2)8-7-11-15(18)19/h4-11H,3,12H2,1-2H3. The summed E-state index contributed by atoms with van der Waals surface area (Å²) in [4.78, 5) is 25.9. The van der Waals surface area contributed by atoms with Crippen molar-refractivity contribution in [1.29, 1.82) is 0 Å². The molecule has 0 unspecified atom stereocenters. The van der Waals surface area contributed by atoms with Crippen LogP contribution >= 0.6 is 0 Å². The molecule has 0 N–H and O–H groups in total. The summed E-state index contributed by atoms with van der Waals surface area (Å²) < 4.78 is 1.49. The zero-order valence-electron chi connectivity index (χ0n) is 11.7. The van der Waals surface area contributed by atoms with Crippen LogP contribution in [0.4, 0.5) is 5.69 Å². The van der Waals surface area contributed by atoms with Crippen molar-refractivity contribution in [2.75, 3.05) is 11.4 Å². The minimum atomic E-state index is -0.150. The Kier molecular flexibility index (Phi) is 4.35. The number of anilines is 1. The van der Waals surface area contributed by atoms with Gasteiger partial charge in [0.2, 0.25) is 5.91 Å². The van der Waals surface area contributed by atoms with E-state index in [0.29, 0.717) is 6.54 Å². The molecule has 20 heavy (non-hydrogen) atoms. The first-order chi connectivity index (χ1) is 9.63. The second kappa shape index (κ2) is 6.19. The van der Waals surface area contributed by atoms with Gasteiger partial charge in [0, 0.05) is 24.0 Å². The second-order valence-corrected chi connectivity index (χ2v) is 4.57. The van der Waals surface area contributed by atoms with Crippen LogP contribution in [0.2, 0.25) is 0 Å². The molecule has 0 saturated heterocycles. The summed E-state index contributed by atoms with van der Waals surface area (Å²) in [5, 5.41) is 0. The number of carbonyl (C=O) groups excluding carboxylic acids is 1. The molecule has 4 heteroatoms. The highest BCUT2D eigenvalue weighted by molar-refractivity contribution is 5.93. The largest absolute Gasteiger partial charge is 0.311 e. The van der Waals surface area contributed by atoms with Crippen LogP contribution in [-0.2, 0) is 11.3 Å². The molecule has 1 aromatic heterocycles. The Morgan fingerprint density at radius 3 is 2.40 bits per heavy atom. The number of rotatable bonds is 4. The number of aryl methyl sites for hydroxylation is 1. The maximum absolute atomic E-state index is 12.4. The molecule has 0 fully saturated rings. The lowest BCUT2D eigenvalue weighted by molar-refractivity contribution is -0.119. The smallest absolute Gasteiger partial charge is 0.251 e. The summed E-state index contributed by atoms with van der Waals surface area (Å²) in [6, 6.07) is 14.5. The third-order valence-electron chi connectivity index (χ3n) is 3.25. The fourth-order valence-corrected chi connectivity index (χ4v) is 2.16. The van der Waals surface area contributed by atoms with Crippen molar-refractivity contribution in [1.82, 2.24) is 4.57 Å². The van der Waals surface area contributed by atoms with Crippen LogP contribution in [-0.4, -0.2) is 17.0 Å². The van der Waals surface area contributed by atoms with Gasteiger partial charge in [0.15, 0.2) is 0 Å². The molecule has 1 aromatic carbocycles. The van der Waals surface area contributed by atoms with E-state index in [-0.39, 0.29) is 18.0 Å². The van der Waals surface area contributed by atoms with Crippen LogP contribution in [0, 0.1) is 6.92 Å². The Balaban J connectivity index is 2.25. The van der Waals surface area contributed by atoms with Crippen molar-refractivity contribution in [2.45, 2.75) is 20.4 Å². The summed E-state index contributed by atoms with van der Waals surface area (Å²) >= 11 is 0. The Labute approximate surface area is 118 Å². The Hall–Kier alpha value is -2.36. The average Bonchev–Trinajstić information content (AvgIpc) is 2.45. The van der Waals surface area contributed by atoms with Gasteiger partial charge in [0.1, 0.15) is 6.54 Å². The lowest BCUT2D eigenvalue weighted by Gasteiger charge is -2.22. The van der Waals surface area contributed by atoms with Crippen molar-refractivity contribution >= 4 is 11.6 Å². The average molecular weight is 270 g/mol. The molecular formula is C16H18N2O2. The third kappa shape index (κ3) is 2.96. The van der Waals surface area contributed by atoms with Crippen LogP contribution in [0.1, 0.15) is 12.6 Å². The number of pyridine rings is 1. The number of hydrogen-bond donors (Lipinski definition) is 0. The van der Waals surface area contributed by atoms with Gasteiger partial charge in [-0.3, -0.25) is 9.59 Å². The number of nitrogens with zero attached hydrogens (tertiary/aromatic N) is 2. The number of carbonyl (C=O) groups is 1. The summed E-state index contributed by atoms with van der Waals surface area (Å²) in [7, 11) is 0. The number of hydrogen-bond acceptors (Lipinski definition) is 2. The SMILES string of the molecule is CCN(C(=O)Cn1c(C)cccc1=O)c1ccccc1. The van der Waals surface area contributed by atoms with E-state index in [0.717, 1.165) is 11.4 Å². The summed E-state index contributed by atoms with van der Waals surface area (Å²) in [6.07, 6.45) is 0. The molecule has 1 heterocycles. The number of para-hydroxylation sites is 1. The molecule has 2 rings (SSSR count). The first kappa shape index (κ1) is 14.1. The van der Waals surface area contributed by atoms with Gasteiger partial charge in [-0.25, -0.2) is 0 Å². The van der Waals surface area contributed by atoms with Gasteiger partial charge in [-0.15, -0.1) is 0 Å². The van der Waals surface area contributed by atoms with E-state index in [9.17, 15) is 9.59 Å². The van der Waals surface area contributed by atoms with Crippen LogP contribution in [0.3, 0.4) is 0 Å². The first-order valence-electron chi connectivity index (χ1n) is 6.65. The molecule has 0 aliphatic carbocycles. The quantitative estimate of drug-likeness (QED) is 0.854. The fraction of sp³-hybridized carbons (Fsp3) is 0.250. The number of likely N-dealkylation sites (N-methyl/N-ethyl adjacent to an activating group) is 1. The van der Waals surface area contributed by atoms with E-state index in [4.69, 9.17) is 0 Å². The predicted octanol–water partition coefficient (Wildman–Crippen LogP) is 2.21. The van der Waals surface area contributed by atoms with Crippen molar-refractivity contribution in [3.8, 4) is 0 Å². The monoisotopic (exact) mass is 270 g/mol. The highest BCUT2D eigenvalue weighted by Crippen LogP contribution is 2.13. The molecule has 0 saturated carbocycles. The van der Waals surface area contributed by atoms with Crippen molar-refractivity contribution in [3.63, 3.8) is 0 Å². The van der Waals surface area contributed by atoms with Gasteiger partial charge in [-0.1, -0.05) is 24.3 Å². The molecular weight excluding hydrogens is 252 g/mol. The van der Waals surface area contributed by atoms with E-state index >= 15 is 0 Å². The molecule has 0 bridgehead atoms. The molecule has 0 aliphatic rings. The van der Waals surface area contributed by atoms with Gasteiger partial charge in [-0.2, -0.15) is 0 Å². The molecule has 0 spiro atoms. The number of benzene rings is 1. The predicted molar refractivity (Wildman–Crippen MR) is 79.9 cm³/mol. The zero-order chi connectivity index (χ0) is 14.5. The van der Waals surface area contributed by atoms with Crippen molar-refractivity contribution in [3.05, 3.63) is 64.6 Å². The lowest BCUT2D eigenvalue weighted by atomic mass is 10.2. The second-order valence-electron chi connectivity index (χ2n) is 4.57. The summed E-state index contributed by atoms with van der Waals surface area (Å²) in [5.41, 5.74) is 1.49. The first-order valence-corrected chi connectivity index (χ1v) is 6.65. The zero-order valence-corrected chi connectivity index (χ0v) is 11.7. The molecule has 0 aliphatic heterocycles. The van der Waals surface area contributed by atoms with Crippen molar-refractivity contribution < 1.29 is 4.79 Å². The Morgan fingerprint density at radius 1 is 1.10 bits per heavy atom. The third-order valence-corrected chi connectivity index (χ3v) is 3.25. The summed E-state index contributed by atoms with van der Waals surface area (Å²) in [6.45, 7) is 4.39. The number of amides is 1. The Bertz CT molecular complexity index is 647. The molecule has 2 aromatic rings. The number of aromatic nitrogens is 1. The van der Waals surface area contributed by atoms with Crippen LogP contribution < -0.4 is 10.5 Å². The molecule has 4 nitrogen and oxygen atoms in total. The molecule has 104 valence electrons. The molecule has 0 atom stereocenters. The van der Waals surface area contributed by atoms with Crippen molar-refractivity contribution in [2.24, 2.45) is 0 Å². The van der Waals surface area contributed by atoms with Gasteiger partial charge in [-0.05, 0) is 32.0 Å². The summed E-state index contributed by atoms with van der Waals surface area (Å²) in [5.74, 6) is -0.0879. The van der Waals surface area contributed by atoms with Gasteiger partial charge in [0.05, 0.1) is 0 Å². The highest BCUT2D eigenvalue weighted by atomic mass is 16.2. The van der Waals surface area contributed by atoms with E-state index in [1.165, 1.54) is 10.6 Å². The van der Waals surface area contributed by atoms with E-state index in [2.05, 4.69) is 0 Å². The molecule has 0 radical (unpaired) electrons. The highest BCUT2D eigenvalue weighted by Gasteiger charge is 2.15. The minimum Gasteiger partial charge on any atom is -0.311 e. The van der Waals surface area contributed by atoms with E-state index < -0.39 is 0 Å². The van der Waals surface area contributed by atoms with Crippen LogP contribution in [0.5, 0.6) is 0 Å². The maximum atomic E-state index is 12.4. The minimum absolute atomic E-state index is 0.0637. The lowest BCUT2D eigenvalue weighted by Crippen LogP contribution is -2.36. The van der Waals surface area contributed by atoms with Gasteiger partial charge >= 0.3 is 0 Å². The van der Waals surface area contributed by atoms with Crippen LogP contribution in [0.15, 0.2) is 53.3 Å². The maximum Gasteiger partial charge on any atom is 0.251 e.